The zero-order chi connectivity index (χ0) is 21.4. The molecule has 3 rings (SSSR count). The van der Waals surface area contributed by atoms with Gasteiger partial charge in [0.15, 0.2) is 0 Å². The lowest BCUT2D eigenvalue weighted by Crippen LogP contribution is -2.32. The molecular weight excluding hydrogens is 404 g/mol. The minimum absolute atomic E-state index is 0.119. The standard InChI is InChI=1S/C22H24N2O5S/c1-18(25)23-19-10-12-22(13-11-19)30(26,27)24(17-21-9-5-15-29-21)14-6-16-28-20-7-3-2-4-8-20/h2-5,7-13,15H,6,14,16-17H2,1H3,(H,23,25). The summed E-state index contributed by atoms with van der Waals surface area (Å²) in [7, 11) is -3.76. The molecule has 2 aromatic carbocycles. The molecule has 0 unspecified atom stereocenters. The third-order valence-corrected chi connectivity index (χ3v) is 6.15. The topological polar surface area (TPSA) is 88.9 Å². The van der Waals surface area contributed by atoms with E-state index in [1.807, 2.05) is 30.3 Å². The van der Waals surface area contributed by atoms with Crippen LogP contribution in [0.3, 0.4) is 0 Å². The lowest BCUT2D eigenvalue weighted by molar-refractivity contribution is -0.114. The molecule has 3 aromatic rings. The molecule has 0 aliphatic rings. The molecule has 0 saturated heterocycles. The van der Waals surface area contributed by atoms with Gasteiger partial charge in [0.05, 0.1) is 24.3 Å². The normalized spacial score (nSPS) is 11.4. The minimum atomic E-state index is -3.76. The second-order valence-electron chi connectivity index (χ2n) is 6.64. The maximum atomic E-state index is 13.2. The van der Waals surface area contributed by atoms with Crippen molar-refractivity contribution in [1.82, 2.24) is 4.31 Å². The summed E-state index contributed by atoms with van der Waals surface area (Å²) in [6, 6.07) is 18.9. The summed E-state index contributed by atoms with van der Waals surface area (Å²) in [5.74, 6) is 1.08. The number of carbonyl (C=O) groups is 1. The van der Waals surface area contributed by atoms with Gasteiger partial charge >= 0.3 is 0 Å². The van der Waals surface area contributed by atoms with Crippen LogP contribution >= 0.6 is 0 Å². The first-order valence-electron chi connectivity index (χ1n) is 9.53. The molecule has 0 aliphatic heterocycles. The summed E-state index contributed by atoms with van der Waals surface area (Å²) in [6.45, 7) is 2.17. The summed E-state index contributed by atoms with van der Waals surface area (Å²) in [5.41, 5.74) is 0.537. The van der Waals surface area contributed by atoms with Crippen molar-refractivity contribution in [1.29, 1.82) is 0 Å². The second kappa shape index (κ2) is 10.1. The predicted octanol–water partition coefficient (Wildman–Crippen LogP) is 3.90. The fourth-order valence-corrected chi connectivity index (χ4v) is 4.32. The van der Waals surface area contributed by atoms with Crippen LogP contribution in [0, 0.1) is 0 Å². The fourth-order valence-electron chi connectivity index (χ4n) is 2.87. The molecule has 0 spiro atoms. The third-order valence-electron chi connectivity index (χ3n) is 4.29. The quantitative estimate of drug-likeness (QED) is 0.495. The molecule has 0 atom stereocenters. The predicted molar refractivity (Wildman–Crippen MR) is 114 cm³/mol. The number of hydrogen-bond donors (Lipinski definition) is 1. The first kappa shape index (κ1) is 21.6. The Balaban J connectivity index is 1.70. The Hall–Kier alpha value is -3.10. The Morgan fingerprint density at radius 3 is 2.40 bits per heavy atom. The number of hydrogen-bond acceptors (Lipinski definition) is 5. The van der Waals surface area contributed by atoms with E-state index in [0.717, 1.165) is 5.75 Å². The molecule has 30 heavy (non-hydrogen) atoms. The molecule has 0 bridgehead atoms. The van der Waals surface area contributed by atoms with Crippen LogP contribution in [0.1, 0.15) is 19.1 Å². The highest BCUT2D eigenvalue weighted by atomic mass is 32.2. The maximum absolute atomic E-state index is 13.2. The van der Waals surface area contributed by atoms with E-state index in [4.69, 9.17) is 9.15 Å². The van der Waals surface area contributed by atoms with Crippen LogP contribution in [0.15, 0.2) is 82.3 Å². The van der Waals surface area contributed by atoms with Gasteiger partial charge in [0, 0.05) is 19.2 Å². The zero-order valence-electron chi connectivity index (χ0n) is 16.7. The second-order valence-corrected chi connectivity index (χ2v) is 8.58. The number of nitrogens with one attached hydrogen (secondary N) is 1. The first-order chi connectivity index (χ1) is 14.4. The molecular formula is C22H24N2O5S. The van der Waals surface area contributed by atoms with E-state index < -0.39 is 10.0 Å². The van der Waals surface area contributed by atoms with Crippen LogP contribution in [0.4, 0.5) is 5.69 Å². The highest BCUT2D eigenvalue weighted by molar-refractivity contribution is 7.89. The van der Waals surface area contributed by atoms with E-state index in [-0.39, 0.29) is 23.9 Å². The highest BCUT2D eigenvalue weighted by Gasteiger charge is 2.25. The van der Waals surface area contributed by atoms with Crippen molar-refractivity contribution in [3.63, 3.8) is 0 Å². The van der Waals surface area contributed by atoms with Crippen molar-refractivity contribution in [3.05, 3.63) is 78.8 Å². The lowest BCUT2D eigenvalue weighted by Gasteiger charge is -2.21. The van der Waals surface area contributed by atoms with Crippen LogP contribution < -0.4 is 10.1 Å². The van der Waals surface area contributed by atoms with Crippen molar-refractivity contribution in [2.45, 2.75) is 24.8 Å². The Morgan fingerprint density at radius 2 is 1.77 bits per heavy atom. The number of nitrogens with zero attached hydrogens (tertiary/aromatic N) is 1. The number of furan rings is 1. The number of carbonyl (C=O) groups excluding carboxylic acids is 1. The van der Waals surface area contributed by atoms with Gasteiger partial charge in [-0.2, -0.15) is 4.31 Å². The molecule has 0 aliphatic carbocycles. The molecule has 0 saturated carbocycles. The van der Waals surface area contributed by atoms with Crippen LogP contribution in [-0.2, 0) is 21.4 Å². The van der Waals surface area contributed by atoms with Gasteiger partial charge in [0.1, 0.15) is 11.5 Å². The molecule has 158 valence electrons. The van der Waals surface area contributed by atoms with Crippen molar-refractivity contribution in [2.75, 3.05) is 18.5 Å². The Labute approximate surface area is 176 Å². The number of benzene rings is 2. The van der Waals surface area contributed by atoms with E-state index in [9.17, 15) is 13.2 Å². The molecule has 0 radical (unpaired) electrons. The van der Waals surface area contributed by atoms with E-state index in [0.29, 0.717) is 24.5 Å². The first-order valence-corrected chi connectivity index (χ1v) is 11.0. The minimum Gasteiger partial charge on any atom is -0.494 e. The zero-order valence-corrected chi connectivity index (χ0v) is 17.5. The van der Waals surface area contributed by atoms with Crippen LogP contribution in [0.25, 0.3) is 0 Å². The van der Waals surface area contributed by atoms with E-state index in [2.05, 4.69) is 5.32 Å². The molecule has 0 fully saturated rings. The average Bonchev–Trinajstić information content (AvgIpc) is 3.24. The van der Waals surface area contributed by atoms with Crippen molar-refractivity contribution in [3.8, 4) is 5.75 Å². The Morgan fingerprint density at radius 1 is 1.03 bits per heavy atom. The maximum Gasteiger partial charge on any atom is 0.243 e. The van der Waals surface area contributed by atoms with E-state index in [1.54, 1.807) is 24.3 Å². The van der Waals surface area contributed by atoms with Crippen LogP contribution in [-0.4, -0.2) is 31.8 Å². The number of anilines is 1. The van der Waals surface area contributed by atoms with Gasteiger partial charge in [-0.1, -0.05) is 18.2 Å². The smallest absolute Gasteiger partial charge is 0.243 e. The van der Waals surface area contributed by atoms with Crippen molar-refractivity contribution in [2.24, 2.45) is 0 Å². The average molecular weight is 429 g/mol. The third kappa shape index (κ3) is 5.95. The molecule has 1 aromatic heterocycles. The van der Waals surface area contributed by atoms with Gasteiger partial charge in [-0.3, -0.25) is 4.79 Å². The van der Waals surface area contributed by atoms with Gasteiger partial charge < -0.3 is 14.5 Å². The Kier molecular flexibility index (Phi) is 7.26. The number of ether oxygens (including phenoxy) is 1. The van der Waals surface area contributed by atoms with Gasteiger partial charge in [0.25, 0.3) is 0 Å². The van der Waals surface area contributed by atoms with Crippen molar-refractivity contribution < 1.29 is 22.4 Å². The van der Waals surface area contributed by atoms with Crippen molar-refractivity contribution >= 4 is 21.6 Å². The molecule has 1 N–H and O–H groups in total. The fraction of sp³-hybridized carbons (Fsp3) is 0.227. The van der Waals surface area contributed by atoms with Gasteiger partial charge in [-0.05, 0) is 55.0 Å². The summed E-state index contributed by atoms with van der Waals surface area (Å²) >= 11 is 0. The molecule has 1 heterocycles. The van der Waals surface area contributed by atoms with E-state index in [1.165, 1.54) is 29.6 Å². The summed E-state index contributed by atoms with van der Waals surface area (Å²) in [5, 5.41) is 2.63. The monoisotopic (exact) mass is 428 g/mol. The summed E-state index contributed by atoms with van der Waals surface area (Å²) in [4.78, 5) is 11.3. The number of amides is 1. The van der Waals surface area contributed by atoms with Gasteiger partial charge in [0.2, 0.25) is 15.9 Å². The SMILES string of the molecule is CC(=O)Nc1ccc(S(=O)(=O)N(CCCOc2ccccc2)Cc2ccco2)cc1. The number of rotatable bonds is 10. The molecule has 1 amide bonds. The number of sulfonamides is 1. The Bertz CT molecular complexity index is 1030. The number of para-hydroxylation sites is 1. The largest absolute Gasteiger partial charge is 0.494 e. The molecule has 8 heteroatoms. The summed E-state index contributed by atoms with van der Waals surface area (Å²) < 4.78 is 38.8. The van der Waals surface area contributed by atoms with Gasteiger partial charge in [-0.15, -0.1) is 0 Å². The van der Waals surface area contributed by atoms with Crippen LogP contribution in [0.5, 0.6) is 5.75 Å². The molecule has 7 nitrogen and oxygen atoms in total. The lowest BCUT2D eigenvalue weighted by atomic mass is 10.3. The van der Waals surface area contributed by atoms with Crippen LogP contribution in [0.2, 0.25) is 0 Å². The van der Waals surface area contributed by atoms with E-state index >= 15 is 0 Å². The highest BCUT2D eigenvalue weighted by Crippen LogP contribution is 2.21. The summed E-state index contributed by atoms with van der Waals surface area (Å²) in [6.07, 6.45) is 2.03. The van der Waals surface area contributed by atoms with Gasteiger partial charge in [-0.25, -0.2) is 8.42 Å².